The summed E-state index contributed by atoms with van der Waals surface area (Å²) in [6.45, 7) is 2.64. The average molecular weight is 398 g/mol. The lowest BCUT2D eigenvalue weighted by Gasteiger charge is -2.09. The van der Waals surface area contributed by atoms with E-state index in [0.29, 0.717) is 40.2 Å². The largest absolute Gasteiger partial charge is 0.493 e. The molecule has 0 unspecified atom stereocenters. The fraction of sp³-hybridized carbons (Fsp3) is 0.211. The molecule has 1 aliphatic rings. The van der Waals surface area contributed by atoms with Crippen LogP contribution < -0.4 is 18.9 Å². The van der Waals surface area contributed by atoms with Gasteiger partial charge in [0.1, 0.15) is 5.75 Å². The Morgan fingerprint density at radius 3 is 2.96 bits per heavy atom. The molecule has 0 bridgehead atoms. The molecule has 0 saturated carbocycles. The molecule has 2 heterocycles. The van der Waals surface area contributed by atoms with Crippen molar-refractivity contribution in [2.24, 2.45) is 5.10 Å². The van der Waals surface area contributed by atoms with Gasteiger partial charge in [-0.05, 0) is 43.4 Å². The third-order valence-electron chi connectivity index (χ3n) is 4.08. The van der Waals surface area contributed by atoms with Crippen LogP contribution in [-0.4, -0.2) is 41.6 Å². The number of aromatic amines is 1. The molecule has 9 heteroatoms. The van der Waals surface area contributed by atoms with E-state index in [2.05, 4.69) is 15.3 Å². The second kappa shape index (κ2) is 7.73. The van der Waals surface area contributed by atoms with E-state index in [0.717, 1.165) is 11.1 Å². The number of methoxy groups -OCH3 is 1. The molecule has 3 aromatic rings. The highest BCUT2D eigenvalue weighted by Gasteiger charge is 2.20. The molecule has 0 aliphatic carbocycles. The van der Waals surface area contributed by atoms with Crippen molar-refractivity contribution in [1.29, 1.82) is 0 Å². The first-order valence-electron chi connectivity index (χ1n) is 8.63. The summed E-state index contributed by atoms with van der Waals surface area (Å²) >= 11 is 5.35. The van der Waals surface area contributed by atoms with Crippen LogP contribution in [0.3, 0.4) is 0 Å². The van der Waals surface area contributed by atoms with Crippen LogP contribution >= 0.6 is 12.2 Å². The lowest BCUT2D eigenvalue weighted by Crippen LogP contribution is -1.99. The van der Waals surface area contributed by atoms with Crippen molar-refractivity contribution >= 4 is 18.4 Å². The van der Waals surface area contributed by atoms with Crippen LogP contribution in [0.4, 0.5) is 0 Å². The number of para-hydroxylation sites is 1. The van der Waals surface area contributed by atoms with E-state index in [9.17, 15) is 0 Å². The Labute approximate surface area is 166 Å². The van der Waals surface area contributed by atoms with Gasteiger partial charge in [-0.2, -0.15) is 14.9 Å². The smallest absolute Gasteiger partial charge is 0.231 e. The van der Waals surface area contributed by atoms with E-state index in [-0.39, 0.29) is 6.79 Å². The fourth-order valence-electron chi connectivity index (χ4n) is 2.85. The van der Waals surface area contributed by atoms with Crippen LogP contribution in [0.2, 0.25) is 0 Å². The van der Waals surface area contributed by atoms with Crippen LogP contribution in [-0.2, 0) is 0 Å². The minimum Gasteiger partial charge on any atom is -0.493 e. The summed E-state index contributed by atoms with van der Waals surface area (Å²) in [6, 6.07) is 11.2. The topological polar surface area (TPSA) is 82.9 Å². The summed E-state index contributed by atoms with van der Waals surface area (Å²) < 4.78 is 23.8. The number of hydrogen-bond donors (Lipinski definition) is 1. The summed E-state index contributed by atoms with van der Waals surface area (Å²) in [5.74, 6) is 3.04. The van der Waals surface area contributed by atoms with Crippen molar-refractivity contribution in [2.75, 3.05) is 20.5 Å². The SMILES string of the molecule is CCOc1ccccc1-c1n[nH]c(=S)n1/N=C\c1cc(OC)c2c(c1)OCO2. The van der Waals surface area contributed by atoms with Crippen molar-refractivity contribution in [1.82, 2.24) is 14.9 Å². The zero-order valence-corrected chi connectivity index (χ0v) is 16.2. The van der Waals surface area contributed by atoms with Gasteiger partial charge in [-0.15, -0.1) is 0 Å². The molecule has 0 atom stereocenters. The molecule has 1 aliphatic heterocycles. The Morgan fingerprint density at radius 2 is 2.14 bits per heavy atom. The van der Waals surface area contributed by atoms with Gasteiger partial charge in [-0.25, -0.2) is 5.10 Å². The number of benzene rings is 2. The van der Waals surface area contributed by atoms with Crippen molar-refractivity contribution in [3.63, 3.8) is 0 Å². The van der Waals surface area contributed by atoms with Gasteiger partial charge in [-0.3, -0.25) is 0 Å². The molecular formula is C19H18N4O4S. The zero-order chi connectivity index (χ0) is 19.5. The lowest BCUT2D eigenvalue weighted by atomic mass is 10.2. The molecule has 1 aromatic heterocycles. The Kier molecular flexibility index (Phi) is 4.98. The van der Waals surface area contributed by atoms with Crippen LogP contribution in [0.25, 0.3) is 11.4 Å². The molecule has 0 spiro atoms. The van der Waals surface area contributed by atoms with Crippen LogP contribution in [0.1, 0.15) is 12.5 Å². The molecule has 0 amide bonds. The highest BCUT2D eigenvalue weighted by atomic mass is 32.1. The number of fused-ring (bicyclic) bond motifs is 1. The summed E-state index contributed by atoms with van der Waals surface area (Å²) in [4.78, 5) is 0. The van der Waals surface area contributed by atoms with Crippen LogP contribution in [0, 0.1) is 4.77 Å². The van der Waals surface area contributed by atoms with E-state index in [4.69, 9.17) is 31.2 Å². The van der Waals surface area contributed by atoms with Gasteiger partial charge in [0.2, 0.25) is 17.3 Å². The first-order valence-corrected chi connectivity index (χ1v) is 9.03. The molecule has 144 valence electrons. The molecule has 28 heavy (non-hydrogen) atoms. The highest BCUT2D eigenvalue weighted by molar-refractivity contribution is 7.71. The first-order chi connectivity index (χ1) is 13.7. The van der Waals surface area contributed by atoms with Gasteiger partial charge >= 0.3 is 0 Å². The normalized spacial score (nSPS) is 12.5. The lowest BCUT2D eigenvalue weighted by molar-refractivity contribution is 0.171. The molecule has 0 fully saturated rings. The molecule has 1 N–H and O–H groups in total. The van der Waals surface area contributed by atoms with E-state index < -0.39 is 0 Å². The van der Waals surface area contributed by atoms with E-state index in [1.807, 2.05) is 43.3 Å². The number of aromatic nitrogens is 3. The molecule has 0 saturated heterocycles. The van der Waals surface area contributed by atoms with Gasteiger partial charge in [0.25, 0.3) is 0 Å². The minimum absolute atomic E-state index is 0.164. The third-order valence-corrected chi connectivity index (χ3v) is 4.35. The maximum absolute atomic E-state index is 5.70. The maximum Gasteiger partial charge on any atom is 0.231 e. The quantitative estimate of drug-likeness (QED) is 0.504. The van der Waals surface area contributed by atoms with Gasteiger partial charge in [-0.1, -0.05) is 12.1 Å². The predicted octanol–water partition coefficient (Wildman–Crippen LogP) is 3.63. The minimum atomic E-state index is 0.164. The fourth-order valence-corrected chi connectivity index (χ4v) is 3.03. The Bertz CT molecular complexity index is 1090. The Hall–Kier alpha value is -3.33. The molecular weight excluding hydrogens is 380 g/mol. The van der Waals surface area contributed by atoms with Gasteiger partial charge in [0.05, 0.1) is 25.5 Å². The zero-order valence-electron chi connectivity index (χ0n) is 15.3. The summed E-state index contributed by atoms with van der Waals surface area (Å²) in [5, 5.41) is 11.6. The standard InChI is InChI=1S/C19H18N4O4S/c1-3-25-14-7-5-4-6-13(14)18-21-22-19(28)23(18)20-10-12-8-15(24-2)17-16(9-12)26-11-27-17/h4-10H,3,11H2,1-2H3,(H,22,28)/b20-10-. The predicted molar refractivity (Wildman–Crippen MR) is 106 cm³/mol. The average Bonchev–Trinajstić information content (AvgIpc) is 3.33. The van der Waals surface area contributed by atoms with Crippen molar-refractivity contribution in [2.45, 2.75) is 6.92 Å². The second-order valence-corrected chi connectivity index (χ2v) is 6.18. The Balaban J connectivity index is 1.73. The number of H-pyrrole nitrogens is 1. The number of ether oxygens (including phenoxy) is 4. The maximum atomic E-state index is 5.70. The van der Waals surface area contributed by atoms with E-state index >= 15 is 0 Å². The highest BCUT2D eigenvalue weighted by Crippen LogP contribution is 2.41. The van der Waals surface area contributed by atoms with Gasteiger partial charge in [0, 0.05) is 5.56 Å². The van der Waals surface area contributed by atoms with Crippen LogP contribution in [0.15, 0.2) is 41.5 Å². The Morgan fingerprint density at radius 1 is 1.29 bits per heavy atom. The first kappa shape index (κ1) is 18.1. The third kappa shape index (κ3) is 3.31. The number of nitrogens with zero attached hydrogens (tertiary/aromatic N) is 3. The number of rotatable bonds is 6. The summed E-state index contributed by atoms with van der Waals surface area (Å²) in [7, 11) is 1.58. The molecule has 2 aromatic carbocycles. The number of nitrogens with one attached hydrogen (secondary N) is 1. The van der Waals surface area contributed by atoms with Crippen LogP contribution in [0.5, 0.6) is 23.0 Å². The van der Waals surface area contributed by atoms with Gasteiger partial charge < -0.3 is 18.9 Å². The summed E-state index contributed by atoms with van der Waals surface area (Å²) in [5.41, 5.74) is 1.56. The molecule has 0 radical (unpaired) electrons. The molecule has 4 rings (SSSR count). The second-order valence-electron chi connectivity index (χ2n) is 5.79. The van der Waals surface area contributed by atoms with Crippen molar-refractivity contribution in [3.05, 3.63) is 46.7 Å². The summed E-state index contributed by atoms with van der Waals surface area (Å²) in [6.07, 6.45) is 1.66. The molecule has 8 nitrogen and oxygen atoms in total. The monoisotopic (exact) mass is 398 g/mol. The number of hydrogen-bond acceptors (Lipinski definition) is 7. The van der Waals surface area contributed by atoms with E-state index in [1.165, 1.54) is 0 Å². The van der Waals surface area contributed by atoms with Crippen molar-refractivity contribution < 1.29 is 18.9 Å². The van der Waals surface area contributed by atoms with Crippen molar-refractivity contribution in [3.8, 4) is 34.4 Å². The van der Waals surface area contributed by atoms with E-state index in [1.54, 1.807) is 18.0 Å². The van der Waals surface area contributed by atoms with Gasteiger partial charge in [0.15, 0.2) is 17.3 Å².